The third-order valence-electron chi connectivity index (χ3n) is 7.39. The monoisotopic (exact) mass is 669 g/mol. The van der Waals surface area contributed by atoms with Gasteiger partial charge in [0.25, 0.3) is 5.91 Å². The van der Waals surface area contributed by atoms with Crippen LogP contribution in [0.1, 0.15) is 75.4 Å². The van der Waals surface area contributed by atoms with E-state index >= 15 is 0 Å². The Balaban J connectivity index is 2.08. The first kappa shape index (κ1) is 38.2. The quantitative estimate of drug-likeness (QED) is 0.136. The van der Waals surface area contributed by atoms with Gasteiger partial charge in [-0.25, -0.2) is 9.59 Å². The van der Waals surface area contributed by atoms with Crippen LogP contribution in [0.15, 0.2) is 72.8 Å². The molecule has 0 heterocycles. The molecule has 3 unspecified atom stereocenters. The molecule has 49 heavy (non-hydrogen) atoms. The van der Waals surface area contributed by atoms with Gasteiger partial charge in [-0.15, -0.1) is 0 Å². The summed E-state index contributed by atoms with van der Waals surface area (Å²) in [6.07, 6.45) is 5.23. The highest BCUT2D eigenvalue weighted by molar-refractivity contribution is 5.95. The van der Waals surface area contributed by atoms with E-state index in [1.54, 1.807) is 65.8 Å². The molecule has 3 N–H and O–H groups in total. The van der Waals surface area contributed by atoms with Crippen molar-refractivity contribution in [3.63, 3.8) is 0 Å². The van der Waals surface area contributed by atoms with Gasteiger partial charge < -0.3 is 25.2 Å². The molecule has 0 bridgehead atoms. The molecule has 10 heteroatoms. The number of benzene rings is 3. The molecule has 0 saturated carbocycles. The predicted octanol–water partition coefficient (Wildman–Crippen LogP) is 5.67. The first-order valence-electron chi connectivity index (χ1n) is 16.1. The molecule has 0 aliphatic carbocycles. The Bertz CT molecular complexity index is 1670. The van der Waals surface area contributed by atoms with Crippen LogP contribution < -0.4 is 10.6 Å². The Morgan fingerprint density at radius 1 is 0.776 bits per heavy atom. The summed E-state index contributed by atoms with van der Waals surface area (Å²) in [4.78, 5) is 56.2. The minimum atomic E-state index is -1.40. The van der Waals surface area contributed by atoms with Crippen molar-refractivity contribution >= 4 is 23.9 Å². The summed E-state index contributed by atoms with van der Waals surface area (Å²) < 4.78 is 11.1. The minimum Gasteiger partial charge on any atom is -0.508 e. The van der Waals surface area contributed by atoms with E-state index in [-0.39, 0.29) is 18.6 Å². The topological polar surface area (TPSA) is 134 Å². The lowest BCUT2D eigenvalue weighted by Gasteiger charge is -2.32. The van der Waals surface area contributed by atoms with E-state index < -0.39 is 53.2 Å². The maximum atomic E-state index is 14.4. The van der Waals surface area contributed by atoms with E-state index in [9.17, 15) is 24.3 Å². The maximum absolute atomic E-state index is 14.4. The van der Waals surface area contributed by atoms with Crippen molar-refractivity contribution in [1.29, 1.82) is 0 Å². The highest BCUT2D eigenvalue weighted by Gasteiger charge is 2.38. The van der Waals surface area contributed by atoms with Gasteiger partial charge in [-0.1, -0.05) is 67.1 Å². The lowest BCUT2D eigenvalue weighted by Crippen LogP contribution is -2.54. The zero-order valence-electron chi connectivity index (χ0n) is 29.5. The van der Waals surface area contributed by atoms with Gasteiger partial charge >= 0.3 is 12.1 Å². The van der Waals surface area contributed by atoms with Gasteiger partial charge in [0.15, 0.2) is 0 Å². The van der Waals surface area contributed by atoms with Gasteiger partial charge in [0.05, 0.1) is 0 Å². The number of alkyl carbamates (subject to hydrolysis) is 1. The van der Waals surface area contributed by atoms with E-state index in [4.69, 9.17) is 15.9 Å². The summed E-state index contributed by atoms with van der Waals surface area (Å²) in [5, 5.41) is 15.2. The average Bonchev–Trinajstić information content (AvgIpc) is 3.00. The molecule has 260 valence electrons. The van der Waals surface area contributed by atoms with Crippen LogP contribution in [-0.2, 0) is 36.7 Å². The van der Waals surface area contributed by atoms with E-state index in [1.165, 1.54) is 12.1 Å². The number of carbonyl (C=O) groups is 4. The molecule has 3 atom stereocenters. The number of carbonyl (C=O) groups excluding carboxylic acids is 4. The Morgan fingerprint density at radius 2 is 1.35 bits per heavy atom. The Morgan fingerprint density at radius 3 is 1.90 bits per heavy atom. The van der Waals surface area contributed by atoms with Crippen molar-refractivity contribution in [3.8, 4) is 18.2 Å². The second-order valence-corrected chi connectivity index (χ2v) is 13.9. The molecule has 3 amide bonds. The van der Waals surface area contributed by atoms with E-state index in [1.807, 2.05) is 50.2 Å². The average molecular weight is 670 g/mol. The van der Waals surface area contributed by atoms with Gasteiger partial charge in [0, 0.05) is 18.9 Å². The number of nitrogens with one attached hydrogen (secondary N) is 2. The third-order valence-corrected chi connectivity index (χ3v) is 7.39. The van der Waals surface area contributed by atoms with Gasteiger partial charge in [-0.2, -0.15) is 0 Å². The third kappa shape index (κ3) is 11.7. The standard InChI is InChI=1S/C39H47N3O7/c1-10-42(35(45)31(41-37(47)49-39(7,8)9)23-28-17-20-30(43)21-18-28)33(29-19-16-25(2)26(3)22-29)34(44)40-32(36(46)48-38(4,5)6)24-27-14-12-11-13-15-27/h1,11-22,31-33,43H,23-24H2,2-9H3,(H,40,44)(H,41,47). The summed E-state index contributed by atoms with van der Waals surface area (Å²) in [5.41, 5.74) is 1.88. The lowest BCUT2D eigenvalue weighted by atomic mass is 9.97. The van der Waals surface area contributed by atoms with Gasteiger partial charge in [0.2, 0.25) is 5.91 Å². The number of aromatic hydroxyl groups is 1. The normalized spacial score (nSPS) is 13.2. The van der Waals surface area contributed by atoms with Crippen molar-refractivity contribution < 1.29 is 33.8 Å². The number of aryl methyl sites for hydroxylation is 2. The molecule has 3 aromatic carbocycles. The van der Waals surface area contributed by atoms with Crippen LogP contribution in [0.4, 0.5) is 4.79 Å². The first-order valence-corrected chi connectivity index (χ1v) is 16.1. The fraction of sp³-hybridized carbons (Fsp3) is 0.385. The molecule has 0 aromatic heterocycles. The molecule has 0 saturated heterocycles. The summed E-state index contributed by atoms with van der Waals surface area (Å²) in [6, 6.07) is 19.1. The molecule has 10 nitrogen and oxygen atoms in total. The smallest absolute Gasteiger partial charge is 0.408 e. The highest BCUT2D eigenvalue weighted by Crippen LogP contribution is 2.26. The zero-order valence-corrected chi connectivity index (χ0v) is 29.5. The summed E-state index contributed by atoms with van der Waals surface area (Å²) >= 11 is 0. The number of terminal acetylenes is 1. The van der Waals surface area contributed by atoms with Gasteiger partial charge in [-0.05, 0) is 95.3 Å². The number of nitrogens with zero attached hydrogens (tertiary/aromatic N) is 1. The van der Waals surface area contributed by atoms with Gasteiger partial charge in [0.1, 0.15) is 35.1 Å². The van der Waals surface area contributed by atoms with Crippen LogP contribution in [0.3, 0.4) is 0 Å². The number of phenols is 1. The lowest BCUT2D eigenvalue weighted by molar-refractivity contribution is -0.159. The Hall–Kier alpha value is -5.30. The van der Waals surface area contributed by atoms with Crippen LogP contribution in [0.25, 0.3) is 0 Å². The van der Waals surface area contributed by atoms with Crippen LogP contribution in [0.2, 0.25) is 0 Å². The summed E-state index contributed by atoms with van der Waals surface area (Å²) in [6.45, 7) is 14.0. The van der Waals surface area contributed by atoms with Crippen molar-refractivity contribution in [2.45, 2.75) is 97.6 Å². The van der Waals surface area contributed by atoms with Crippen molar-refractivity contribution in [2.24, 2.45) is 0 Å². The van der Waals surface area contributed by atoms with Crippen molar-refractivity contribution in [1.82, 2.24) is 15.5 Å². The van der Waals surface area contributed by atoms with Crippen LogP contribution in [-0.4, -0.2) is 57.2 Å². The molecular formula is C39H47N3O7. The van der Waals surface area contributed by atoms with E-state index in [0.29, 0.717) is 11.1 Å². The number of amides is 3. The molecule has 0 radical (unpaired) electrons. The molecular weight excluding hydrogens is 622 g/mol. The summed E-state index contributed by atoms with van der Waals surface area (Å²) in [7, 11) is 0. The highest BCUT2D eigenvalue weighted by atomic mass is 16.6. The number of rotatable bonds is 11. The number of esters is 1. The van der Waals surface area contributed by atoms with Crippen LogP contribution in [0.5, 0.6) is 5.75 Å². The Kier molecular flexibility index (Phi) is 12.6. The molecule has 3 aromatic rings. The number of hydrogen-bond donors (Lipinski definition) is 3. The van der Waals surface area contributed by atoms with Gasteiger partial charge in [-0.3, -0.25) is 14.5 Å². The Labute approximate surface area is 289 Å². The second-order valence-electron chi connectivity index (χ2n) is 13.9. The molecule has 0 aliphatic heterocycles. The maximum Gasteiger partial charge on any atom is 0.408 e. The first-order chi connectivity index (χ1) is 22.9. The van der Waals surface area contributed by atoms with E-state index in [0.717, 1.165) is 21.6 Å². The molecule has 0 aliphatic rings. The summed E-state index contributed by atoms with van der Waals surface area (Å²) in [5.74, 6) is -2.11. The largest absolute Gasteiger partial charge is 0.508 e. The number of phenolic OH excluding ortho intramolecular Hbond substituents is 1. The number of ether oxygens (including phenoxy) is 2. The minimum absolute atomic E-state index is 0.0264. The zero-order chi connectivity index (χ0) is 36.5. The molecule has 3 rings (SSSR count). The second kappa shape index (κ2) is 16.2. The fourth-order valence-electron chi connectivity index (χ4n) is 4.97. The van der Waals surface area contributed by atoms with E-state index in [2.05, 4.69) is 16.7 Å². The van der Waals surface area contributed by atoms with Crippen LogP contribution >= 0.6 is 0 Å². The van der Waals surface area contributed by atoms with Crippen molar-refractivity contribution in [3.05, 3.63) is 101 Å². The number of hydrogen-bond acceptors (Lipinski definition) is 7. The molecule has 0 fully saturated rings. The van der Waals surface area contributed by atoms with Crippen LogP contribution in [0, 0.1) is 26.3 Å². The predicted molar refractivity (Wildman–Crippen MR) is 187 cm³/mol. The molecule has 0 spiro atoms. The SMILES string of the molecule is C#CN(C(=O)C(Cc1ccc(O)cc1)NC(=O)OC(C)(C)C)C(C(=O)NC(Cc1ccccc1)C(=O)OC(C)(C)C)c1ccc(C)c(C)c1. The van der Waals surface area contributed by atoms with Crippen molar-refractivity contribution in [2.75, 3.05) is 0 Å². The fourth-order valence-corrected chi connectivity index (χ4v) is 4.97.